The summed E-state index contributed by atoms with van der Waals surface area (Å²) < 4.78 is 25.4. The number of nitrogens with zero attached hydrogens (tertiary/aromatic N) is 1. The molecule has 0 radical (unpaired) electrons. The Kier molecular flexibility index (Phi) is 8.83. The van der Waals surface area contributed by atoms with Gasteiger partial charge in [0, 0.05) is 13.1 Å². The van der Waals surface area contributed by atoms with Gasteiger partial charge in [-0.2, -0.15) is 0 Å². The fraction of sp³-hybridized carbons (Fsp3) is 1.00. The molecule has 0 amide bonds. The van der Waals surface area contributed by atoms with Gasteiger partial charge in [0.25, 0.3) is 0 Å². The Hall–Kier alpha value is -0.170. The zero-order valence-electron chi connectivity index (χ0n) is 10.6. The number of rotatable bonds is 10. The highest BCUT2D eigenvalue weighted by molar-refractivity contribution is 7.89. The summed E-state index contributed by atoms with van der Waals surface area (Å²) in [5.41, 5.74) is 0. The lowest BCUT2D eigenvalue weighted by atomic mass is 10.4. The summed E-state index contributed by atoms with van der Waals surface area (Å²) in [4.78, 5) is 2.28. The molecular formula is C10H25N3O2S. The molecule has 0 aromatic rings. The lowest BCUT2D eigenvalue weighted by Gasteiger charge is -2.17. The molecule has 0 rings (SSSR count). The Balaban J connectivity index is 3.64. The van der Waals surface area contributed by atoms with Gasteiger partial charge in [0.05, 0.1) is 5.75 Å². The van der Waals surface area contributed by atoms with E-state index >= 15 is 0 Å². The predicted octanol–water partition coefficient (Wildman–Crippen LogP) is -0.143. The normalized spacial score (nSPS) is 12.2. The molecule has 16 heavy (non-hydrogen) atoms. The van der Waals surface area contributed by atoms with Gasteiger partial charge in [0.15, 0.2) is 0 Å². The summed E-state index contributed by atoms with van der Waals surface area (Å²) in [5.74, 6) is 0.148. The van der Waals surface area contributed by atoms with Gasteiger partial charge in [0.1, 0.15) is 0 Å². The van der Waals surface area contributed by atoms with Crippen molar-refractivity contribution in [2.24, 2.45) is 0 Å². The van der Waals surface area contributed by atoms with E-state index in [1.165, 1.54) is 0 Å². The molecular weight excluding hydrogens is 226 g/mol. The van der Waals surface area contributed by atoms with E-state index in [0.29, 0.717) is 13.1 Å². The second-order valence-corrected chi connectivity index (χ2v) is 5.62. The summed E-state index contributed by atoms with van der Waals surface area (Å²) in [6.07, 6.45) is 0.862. The van der Waals surface area contributed by atoms with Crippen molar-refractivity contribution in [3.8, 4) is 0 Å². The minimum absolute atomic E-state index is 0.148. The molecule has 0 bridgehead atoms. The van der Waals surface area contributed by atoms with Crippen LogP contribution in [0.2, 0.25) is 0 Å². The van der Waals surface area contributed by atoms with E-state index in [1.54, 1.807) is 7.05 Å². The van der Waals surface area contributed by atoms with Crippen molar-refractivity contribution >= 4 is 10.0 Å². The topological polar surface area (TPSA) is 61.4 Å². The van der Waals surface area contributed by atoms with Crippen LogP contribution >= 0.6 is 0 Å². The minimum Gasteiger partial charge on any atom is -0.319 e. The Morgan fingerprint density at radius 1 is 1.12 bits per heavy atom. The van der Waals surface area contributed by atoms with Crippen LogP contribution < -0.4 is 10.0 Å². The molecule has 0 saturated heterocycles. The fourth-order valence-electron chi connectivity index (χ4n) is 1.38. The lowest BCUT2D eigenvalue weighted by molar-refractivity contribution is 0.300. The average Bonchev–Trinajstić information content (AvgIpc) is 2.27. The number of hydrogen-bond donors (Lipinski definition) is 2. The average molecular weight is 251 g/mol. The fourth-order valence-corrected chi connectivity index (χ4v) is 2.45. The van der Waals surface area contributed by atoms with Gasteiger partial charge in [-0.15, -0.1) is 0 Å². The first-order valence-corrected chi connectivity index (χ1v) is 7.55. The van der Waals surface area contributed by atoms with Gasteiger partial charge in [0.2, 0.25) is 10.0 Å². The van der Waals surface area contributed by atoms with Gasteiger partial charge in [-0.25, -0.2) is 13.1 Å². The molecule has 5 nitrogen and oxygen atoms in total. The maximum atomic E-state index is 11.4. The van der Waals surface area contributed by atoms with E-state index in [2.05, 4.69) is 28.8 Å². The van der Waals surface area contributed by atoms with Crippen molar-refractivity contribution in [1.29, 1.82) is 0 Å². The van der Waals surface area contributed by atoms with Crippen molar-refractivity contribution in [2.45, 2.75) is 20.3 Å². The Morgan fingerprint density at radius 3 is 2.25 bits per heavy atom. The maximum absolute atomic E-state index is 11.4. The molecule has 0 heterocycles. The number of sulfonamides is 1. The van der Waals surface area contributed by atoms with Crippen molar-refractivity contribution < 1.29 is 8.42 Å². The Labute approximate surface area is 99.6 Å². The smallest absolute Gasteiger partial charge is 0.212 e. The van der Waals surface area contributed by atoms with Gasteiger partial charge in [-0.3, -0.25) is 0 Å². The van der Waals surface area contributed by atoms with E-state index in [0.717, 1.165) is 26.1 Å². The highest BCUT2D eigenvalue weighted by Gasteiger charge is 2.08. The summed E-state index contributed by atoms with van der Waals surface area (Å²) in [6.45, 7) is 8.22. The molecule has 0 fully saturated rings. The molecule has 0 aliphatic carbocycles. The molecule has 6 heteroatoms. The molecule has 0 spiro atoms. The van der Waals surface area contributed by atoms with E-state index in [4.69, 9.17) is 0 Å². The lowest BCUT2D eigenvalue weighted by Crippen LogP contribution is -2.33. The highest BCUT2D eigenvalue weighted by atomic mass is 32.2. The van der Waals surface area contributed by atoms with E-state index in [9.17, 15) is 8.42 Å². The molecule has 98 valence electrons. The Morgan fingerprint density at radius 2 is 1.75 bits per heavy atom. The van der Waals surface area contributed by atoms with Crippen molar-refractivity contribution in [3.63, 3.8) is 0 Å². The Bertz CT molecular complexity index is 251. The number of hydrogen-bond acceptors (Lipinski definition) is 4. The predicted molar refractivity (Wildman–Crippen MR) is 68.1 cm³/mol. The van der Waals surface area contributed by atoms with Crippen LogP contribution in [0.25, 0.3) is 0 Å². The summed E-state index contributed by atoms with van der Waals surface area (Å²) in [5, 5.41) is 2.82. The minimum atomic E-state index is -3.09. The standard InChI is InChI=1S/C10H25N3O2S/c1-4-13(5-2)9-6-7-12-16(14,15)10-8-11-3/h11-12H,4-10H2,1-3H3. The van der Waals surface area contributed by atoms with Crippen molar-refractivity contribution in [3.05, 3.63) is 0 Å². The molecule has 0 aromatic heterocycles. The third-order valence-corrected chi connectivity index (χ3v) is 3.87. The first-order valence-electron chi connectivity index (χ1n) is 5.90. The maximum Gasteiger partial charge on any atom is 0.212 e. The zero-order chi connectivity index (χ0) is 12.4. The zero-order valence-corrected chi connectivity index (χ0v) is 11.4. The monoisotopic (exact) mass is 251 g/mol. The van der Waals surface area contributed by atoms with Crippen LogP contribution in [0.15, 0.2) is 0 Å². The van der Waals surface area contributed by atoms with Gasteiger partial charge < -0.3 is 10.2 Å². The van der Waals surface area contributed by atoms with Gasteiger partial charge in [-0.05, 0) is 33.1 Å². The summed E-state index contributed by atoms with van der Waals surface area (Å²) in [6, 6.07) is 0. The SMILES string of the molecule is CCN(CC)CCCNS(=O)(=O)CCNC. The molecule has 0 aliphatic rings. The second-order valence-electron chi connectivity index (χ2n) is 3.70. The molecule has 0 unspecified atom stereocenters. The van der Waals surface area contributed by atoms with Crippen LogP contribution in [0, 0.1) is 0 Å². The molecule has 0 saturated carbocycles. The molecule has 0 atom stereocenters. The largest absolute Gasteiger partial charge is 0.319 e. The summed E-state index contributed by atoms with van der Waals surface area (Å²) >= 11 is 0. The number of nitrogens with one attached hydrogen (secondary N) is 2. The van der Waals surface area contributed by atoms with Crippen LogP contribution in [0.3, 0.4) is 0 Å². The van der Waals surface area contributed by atoms with Crippen LogP contribution in [0.1, 0.15) is 20.3 Å². The van der Waals surface area contributed by atoms with Crippen LogP contribution in [-0.4, -0.2) is 58.8 Å². The van der Waals surface area contributed by atoms with Crippen LogP contribution in [0.5, 0.6) is 0 Å². The highest BCUT2D eigenvalue weighted by Crippen LogP contribution is 1.90. The van der Waals surface area contributed by atoms with Crippen LogP contribution in [0.4, 0.5) is 0 Å². The van der Waals surface area contributed by atoms with Crippen molar-refractivity contribution in [2.75, 3.05) is 45.5 Å². The third kappa shape index (κ3) is 8.04. The third-order valence-electron chi connectivity index (χ3n) is 2.49. The van der Waals surface area contributed by atoms with E-state index in [1.807, 2.05) is 0 Å². The molecule has 0 aliphatic heterocycles. The van der Waals surface area contributed by atoms with Gasteiger partial charge in [-0.1, -0.05) is 13.8 Å². The second kappa shape index (κ2) is 8.92. The first-order chi connectivity index (χ1) is 7.55. The van der Waals surface area contributed by atoms with Crippen LogP contribution in [-0.2, 0) is 10.0 Å². The molecule has 0 aromatic carbocycles. The van der Waals surface area contributed by atoms with Gasteiger partial charge >= 0.3 is 0 Å². The van der Waals surface area contributed by atoms with E-state index in [-0.39, 0.29) is 5.75 Å². The van der Waals surface area contributed by atoms with E-state index < -0.39 is 10.0 Å². The summed E-state index contributed by atoms with van der Waals surface area (Å²) in [7, 11) is -1.34. The van der Waals surface area contributed by atoms with Crippen molar-refractivity contribution in [1.82, 2.24) is 14.9 Å². The molecule has 2 N–H and O–H groups in total. The quantitative estimate of drug-likeness (QED) is 0.531. The first kappa shape index (κ1) is 15.8.